The van der Waals surface area contributed by atoms with Crippen molar-refractivity contribution in [2.45, 2.75) is 0 Å². The summed E-state index contributed by atoms with van der Waals surface area (Å²) < 4.78 is 10.3. The maximum absolute atomic E-state index is 8.41. The van der Waals surface area contributed by atoms with Crippen LogP contribution in [-0.4, -0.2) is 14.2 Å². The predicted octanol–water partition coefficient (Wildman–Crippen LogP) is 2.24. The molecule has 1 rings (SSSR count). The molecule has 0 unspecified atom stereocenters. The van der Waals surface area contributed by atoms with E-state index in [1.54, 1.807) is 20.3 Å². The topological polar surface area (TPSA) is 42.2 Å². The van der Waals surface area contributed by atoms with Crippen LogP contribution in [-0.2, 0) is 0 Å². The zero-order chi connectivity index (χ0) is 10.4. The van der Waals surface area contributed by atoms with Crippen molar-refractivity contribution in [3.05, 3.63) is 29.8 Å². The highest BCUT2D eigenvalue weighted by Crippen LogP contribution is 2.31. The average Bonchev–Trinajstić information content (AvgIpc) is 2.25. The van der Waals surface area contributed by atoms with E-state index in [0.717, 1.165) is 5.56 Å². The second-order valence-electron chi connectivity index (χ2n) is 2.55. The molecule has 0 bridgehead atoms. The Bertz CT molecular complexity index is 377. The third-order valence-electron chi connectivity index (χ3n) is 1.77. The molecular formula is C11H11NO2. The lowest BCUT2D eigenvalue weighted by Gasteiger charge is -2.09. The third-order valence-corrected chi connectivity index (χ3v) is 1.77. The second-order valence-corrected chi connectivity index (χ2v) is 2.55. The summed E-state index contributed by atoms with van der Waals surface area (Å²) in [7, 11) is 3.15. The van der Waals surface area contributed by atoms with Gasteiger partial charge >= 0.3 is 0 Å². The molecule has 14 heavy (non-hydrogen) atoms. The van der Waals surface area contributed by atoms with Crippen molar-refractivity contribution in [2.75, 3.05) is 14.2 Å². The van der Waals surface area contributed by atoms with Crippen LogP contribution in [0.5, 0.6) is 11.5 Å². The lowest BCUT2D eigenvalue weighted by atomic mass is 10.1. The Morgan fingerprint density at radius 3 is 2.64 bits per heavy atom. The molecule has 0 aliphatic heterocycles. The maximum atomic E-state index is 8.41. The lowest BCUT2D eigenvalue weighted by Crippen LogP contribution is -1.92. The monoisotopic (exact) mass is 189 g/mol. The van der Waals surface area contributed by atoms with Crippen molar-refractivity contribution < 1.29 is 9.47 Å². The lowest BCUT2D eigenvalue weighted by molar-refractivity contribution is 0.354. The molecule has 1 aromatic rings. The van der Waals surface area contributed by atoms with Crippen molar-refractivity contribution >= 4 is 6.08 Å². The summed E-state index contributed by atoms with van der Waals surface area (Å²) in [6.07, 6.45) is 3.08. The van der Waals surface area contributed by atoms with Gasteiger partial charge < -0.3 is 9.47 Å². The number of allylic oxidation sites excluding steroid dienone is 1. The number of hydrogen-bond acceptors (Lipinski definition) is 3. The first-order valence-corrected chi connectivity index (χ1v) is 4.10. The Morgan fingerprint density at radius 1 is 1.29 bits per heavy atom. The minimum absolute atomic E-state index is 0.640. The zero-order valence-electron chi connectivity index (χ0n) is 8.15. The van der Waals surface area contributed by atoms with E-state index in [9.17, 15) is 0 Å². The van der Waals surface area contributed by atoms with Crippen molar-refractivity contribution in [3.63, 3.8) is 0 Å². The van der Waals surface area contributed by atoms with Crippen LogP contribution < -0.4 is 9.47 Å². The molecule has 3 heteroatoms. The largest absolute Gasteiger partial charge is 0.493 e. The summed E-state index contributed by atoms with van der Waals surface area (Å²) in [6, 6.07) is 7.44. The van der Waals surface area contributed by atoms with Crippen LogP contribution in [0.4, 0.5) is 0 Å². The number of methoxy groups -OCH3 is 2. The smallest absolute Gasteiger partial charge is 0.167 e. The molecule has 0 heterocycles. The van der Waals surface area contributed by atoms with Gasteiger partial charge in [-0.25, -0.2) is 0 Å². The normalized spacial score (nSPS) is 9.79. The second kappa shape index (κ2) is 4.93. The van der Waals surface area contributed by atoms with E-state index in [1.807, 2.05) is 24.3 Å². The summed E-state index contributed by atoms with van der Waals surface area (Å²) >= 11 is 0. The number of rotatable bonds is 3. The van der Waals surface area contributed by atoms with E-state index >= 15 is 0 Å². The number of para-hydroxylation sites is 1. The molecule has 0 spiro atoms. The van der Waals surface area contributed by atoms with E-state index in [-0.39, 0.29) is 0 Å². The quantitative estimate of drug-likeness (QED) is 0.685. The van der Waals surface area contributed by atoms with Gasteiger partial charge in [0.15, 0.2) is 11.5 Å². The van der Waals surface area contributed by atoms with Gasteiger partial charge in [-0.1, -0.05) is 12.1 Å². The van der Waals surface area contributed by atoms with Crippen molar-refractivity contribution in [2.24, 2.45) is 0 Å². The highest BCUT2D eigenvalue weighted by Gasteiger charge is 2.05. The molecule has 0 atom stereocenters. The van der Waals surface area contributed by atoms with Crippen LogP contribution in [0, 0.1) is 11.3 Å². The Kier molecular flexibility index (Phi) is 3.57. The number of nitriles is 1. The number of ether oxygens (including phenoxy) is 2. The molecule has 0 saturated heterocycles. The minimum Gasteiger partial charge on any atom is -0.493 e. The van der Waals surface area contributed by atoms with Gasteiger partial charge in [-0.05, 0) is 12.1 Å². The van der Waals surface area contributed by atoms with Gasteiger partial charge in [-0.2, -0.15) is 5.26 Å². The van der Waals surface area contributed by atoms with Crippen LogP contribution in [0.2, 0.25) is 0 Å². The summed E-state index contributed by atoms with van der Waals surface area (Å²) in [5, 5.41) is 8.41. The Morgan fingerprint density at radius 2 is 2.07 bits per heavy atom. The average molecular weight is 189 g/mol. The van der Waals surface area contributed by atoms with E-state index in [0.29, 0.717) is 11.5 Å². The summed E-state index contributed by atoms with van der Waals surface area (Å²) in [5.41, 5.74) is 0.827. The maximum Gasteiger partial charge on any atom is 0.167 e. The minimum atomic E-state index is 0.640. The highest BCUT2D eigenvalue weighted by molar-refractivity contribution is 5.63. The van der Waals surface area contributed by atoms with Crippen LogP contribution in [0.25, 0.3) is 6.08 Å². The molecule has 0 saturated carbocycles. The summed E-state index contributed by atoms with van der Waals surface area (Å²) in [4.78, 5) is 0. The fourth-order valence-electron chi connectivity index (χ4n) is 1.17. The number of benzene rings is 1. The van der Waals surface area contributed by atoms with Crippen molar-refractivity contribution in [1.29, 1.82) is 5.26 Å². The first-order valence-electron chi connectivity index (χ1n) is 4.10. The van der Waals surface area contributed by atoms with Crippen LogP contribution in [0.3, 0.4) is 0 Å². The van der Waals surface area contributed by atoms with Gasteiger partial charge in [-0.15, -0.1) is 0 Å². The van der Waals surface area contributed by atoms with Crippen molar-refractivity contribution in [3.8, 4) is 17.6 Å². The number of nitrogens with zero attached hydrogens (tertiary/aromatic N) is 1. The molecule has 0 N–H and O–H groups in total. The van der Waals surface area contributed by atoms with Gasteiger partial charge in [-0.3, -0.25) is 0 Å². The molecule has 0 aliphatic carbocycles. The molecule has 0 amide bonds. The first kappa shape index (κ1) is 10.1. The van der Waals surface area contributed by atoms with E-state index in [4.69, 9.17) is 14.7 Å². The molecule has 3 nitrogen and oxygen atoms in total. The summed E-state index contributed by atoms with van der Waals surface area (Å²) in [5.74, 6) is 1.30. The molecule has 0 radical (unpaired) electrons. The van der Waals surface area contributed by atoms with Gasteiger partial charge in [0.1, 0.15) is 0 Å². The SMILES string of the molecule is COc1cccc(/C=C/C#N)c1OC. The molecule has 72 valence electrons. The van der Waals surface area contributed by atoms with Gasteiger partial charge in [0.05, 0.1) is 20.3 Å². The molecule has 1 aromatic carbocycles. The first-order chi connectivity index (χ1) is 6.83. The van der Waals surface area contributed by atoms with Crippen LogP contribution >= 0.6 is 0 Å². The van der Waals surface area contributed by atoms with E-state index < -0.39 is 0 Å². The predicted molar refractivity (Wildman–Crippen MR) is 54.2 cm³/mol. The van der Waals surface area contributed by atoms with Gasteiger partial charge in [0.2, 0.25) is 0 Å². The zero-order valence-corrected chi connectivity index (χ0v) is 8.15. The van der Waals surface area contributed by atoms with Crippen LogP contribution in [0.15, 0.2) is 24.3 Å². The Hall–Kier alpha value is -1.95. The standard InChI is InChI=1S/C11H11NO2/c1-13-10-7-3-5-9(6-4-8-12)11(10)14-2/h3-7H,1-2H3/b6-4+. The highest BCUT2D eigenvalue weighted by atomic mass is 16.5. The van der Waals surface area contributed by atoms with E-state index in [2.05, 4.69) is 0 Å². The van der Waals surface area contributed by atoms with Gasteiger partial charge in [0, 0.05) is 11.6 Å². The summed E-state index contributed by atoms with van der Waals surface area (Å²) in [6.45, 7) is 0. The van der Waals surface area contributed by atoms with Crippen molar-refractivity contribution in [1.82, 2.24) is 0 Å². The Labute approximate surface area is 83.2 Å². The van der Waals surface area contributed by atoms with Gasteiger partial charge in [0.25, 0.3) is 0 Å². The molecule has 0 fully saturated rings. The Balaban J connectivity index is 3.16. The third kappa shape index (κ3) is 2.05. The molecule has 0 aromatic heterocycles. The fourth-order valence-corrected chi connectivity index (χ4v) is 1.17. The fraction of sp³-hybridized carbons (Fsp3) is 0.182. The van der Waals surface area contributed by atoms with E-state index in [1.165, 1.54) is 6.08 Å². The molecule has 0 aliphatic rings. The van der Waals surface area contributed by atoms with Crippen LogP contribution in [0.1, 0.15) is 5.56 Å². The molecular weight excluding hydrogens is 178 g/mol. The number of hydrogen-bond donors (Lipinski definition) is 0.